The van der Waals surface area contributed by atoms with Crippen LogP contribution in [0.3, 0.4) is 0 Å². The average molecular weight is 739 g/mol. The number of nitrogens with zero attached hydrogens (tertiary/aromatic N) is 4. The van der Waals surface area contributed by atoms with Gasteiger partial charge in [0.1, 0.15) is 11.6 Å². The molecule has 0 spiro atoms. The Morgan fingerprint density at radius 3 is 2.18 bits per heavy atom. The van der Waals surface area contributed by atoms with Crippen LogP contribution in [-0.2, 0) is 46.1 Å². The first-order chi connectivity index (χ1) is 23.5. The van der Waals surface area contributed by atoms with Gasteiger partial charge in [0, 0.05) is 34.5 Å². The number of benzene rings is 4. The van der Waals surface area contributed by atoms with Crippen molar-refractivity contribution >= 4 is 21.8 Å². The zero-order valence-electron chi connectivity index (χ0n) is 28.8. The third kappa shape index (κ3) is 6.18. The minimum absolute atomic E-state index is 0. The van der Waals surface area contributed by atoms with Crippen LogP contribution in [0.15, 0.2) is 85.1 Å². The second-order valence-electron chi connectivity index (χ2n) is 12.0. The van der Waals surface area contributed by atoms with Crippen LogP contribution in [-0.4, -0.2) is 26.4 Å². The number of aryl methyl sites for hydroxylation is 4. The van der Waals surface area contributed by atoms with E-state index in [9.17, 15) is 0 Å². The van der Waals surface area contributed by atoms with E-state index in [1.54, 1.807) is 7.11 Å². The van der Waals surface area contributed by atoms with Gasteiger partial charge in [-0.15, -0.1) is 35.7 Å². The van der Waals surface area contributed by atoms with Crippen molar-refractivity contribution in [1.29, 1.82) is 0 Å². The van der Waals surface area contributed by atoms with Crippen LogP contribution < -0.4 is 9.47 Å². The Balaban J connectivity index is 0.00000417. The maximum atomic E-state index is 6.48. The Hall–Kier alpha value is -4.70. The van der Waals surface area contributed by atoms with Crippen molar-refractivity contribution in [1.82, 2.24) is 19.3 Å². The van der Waals surface area contributed by atoms with E-state index in [4.69, 9.17) is 19.6 Å². The van der Waals surface area contributed by atoms with E-state index in [1.165, 1.54) is 22.3 Å². The van der Waals surface area contributed by atoms with Gasteiger partial charge in [-0.1, -0.05) is 51.4 Å². The van der Waals surface area contributed by atoms with Gasteiger partial charge in [0.2, 0.25) is 0 Å². The van der Waals surface area contributed by atoms with Gasteiger partial charge < -0.3 is 14.0 Å². The van der Waals surface area contributed by atoms with Crippen LogP contribution in [0.25, 0.3) is 44.4 Å². The zero-order chi connectivity index (χ0) is 33.4. The minimum atomic E-state index is 0. The maximum absolute atomic E-state index is 6.48. The van der Waals surface area contributed by atoms with Crippen LogP contribution in [0.2, 0.25) is 0 Å². The number of ether oxygens (including phenoxy) is 2. The van der Waals surface area contributed by atoms with Crippen molar-refractivity contribution < 1.29 is 29.9 Å². The van der Waals surface area contributed by atoms with Gasteiger partial charge in [-0.05, 0) is 96.3 Å². The van der Waals surface area contributed by atoms with E-state index in [0.717, 1.165) is 81.7 Å². The summed E-state index contributed by atoms with van der Waals surface area (Å²) in [5.41, 5.74) is 11.3. The van der Waals surface area contributed by atoms with E-state index in [0.29, 0.717) is 11.5 Å². The molecule has 250 valence electrons. The predicted molar refractivity (Wildman–Crippen MR) is 194 cm³/mol. The number of fused-ring (bicyclic) bond motifs is 3. The Morgan fingerprint density at radius 2 is 1.49 bits per heavy atom. The van der Waals surface area contributed by atoms with E-state index >= 15 is 0 Å². The molecule has 7 rings (SSSR count). The fourth-order valence-corrected chi connectivity index (χ4v) is 6.85. The van der Waals surface area contributed by atoms with Crippen molar-refractivity contribution in [3.05, 3.63) is 125 Å². The molecule has 49 heavy (non-hydrogen) atoms. The fourth-order valence-electron chi connectivity index (χ4n) is 6.85. The van der Waals surface area contributed by atoms with Crippen molar-refractivity contribution in [2.45, 2.75) is 60.3 Å². The second kappa shape index (κ2) is 14.4. The Bertz CT molecular complexity index is 2260. The number of rotatable bonds is 10. The molecule has 0 amide bonds. The predicted octanol–water partition coefficient (Wildman–Crippen LogP) is 9.99. The standard InChI is InChI=1S/C42H40N4O2.Pd/c1-7-28-23-33(47-6)24-29(8-2)41(28)42-36(9-3)44-46(37(42)10-4)30-14-13-15-31(25-30)48-32-18-19-35-34-16-11-12-17-38(34)45(39(35)26-32)40-22-27(5)20-21-43-40;/h11-24H,7-10H2,1-6H3;/q-2;+2. The van der Waals surface area contributed by atoms with E-state index < -0.39 is 0 Å². The van der Waals surface area contributed by atoms with E-state index in [1.807, 2.05) is 36.5 Å². The monoisotopic (exact) mass is 738 g/mol. The topological polar surface area (TPSA) is 54.1 Å². The van der Waals surface area contributed by atoms with Crippen LogP contribution in [0, 0.1) is 19.1 Å². The van der Waals surface area contributed by atoms with E-state index in [2.05, 4.69) is 105 Å². The molecule has 0 aliphatic heterocycles. The summed E-state index contributed by atoms with van der Waals surface area (Å²) < 4.78 is 16.4. The van der Waals surface area contributed by atoms with Gasteiger partial charge in [-0.2, -0.15) is 17.2 Å². The molecule has 0 radical (unpaired) electrons. The summed E-state index contributed by atoms with van der Waals surface area (Å²) in [5, 5.41) is 7.43. The Kier molecular flexibility index (Phi) is 10.1. The van der Waals surface area contributed by atoms with E-state index in [-0.39, 0.29) is 20.4 Å². The summed E-state index contributed by atoms with van der Waals surface area (Å²) in [6, 6.07) is 34.0. The third-order valence-corrected chi connectivity index (χ3v) is 9.13. The molecule has 0 aliphatic carbocycles. The number of hydrogen-bond donors (Lipinski definition) is 0. The number of methoxy groups -OCH3 is 1. The molecule has 3 heterocycles. The molecule has 0 saturated heterocycles. The van der Waals surface area contributed by atoms with Gasteiger partial charge in [0.15, 0.2) is 0 Å². The molecule has 0 bridgehead atoms. The summed E-state index contributed by atoms with van der Waals surface area (Å²) in [6.45, 7) is 10.9. The Morgan fingerprint density at radius 1 is 0.735 bits per heavy atom. The normalized spacial score (nSPS) is 11.2. The van der Waals surface area contributed by atoms with Gasteiger partial charge >= 0.3 is 20.4 Å². The van der Waals surface area contributed by atoms with Gasteiger partial charge in [0.05, 0.1) is 12.8 Å². The van der Waals surface area contributed by atoms with Gasteiger partial charge in [0.25, 0.3) is 0 Å². The smallest absolute Gasteiger partial charge is 0.509 e. The minimum Gasteiger partial charge on any atom is -0.509 e. The van der Waals surface area contributed by atoms with Crippen LogP contribution >= 0.6 is 0 Å². The summed E-state index contributed by atoms with van der Waals surface area (Å²) in [6.07, 6.45) is 5.31. The largest absolute Gasteiger partial charge is 2.00 e. The number of para-hydroxylation sites is 1. The summed E-state index contributed by atoms with van der Waals surface area (Å²) >= 11 is 0. The van der Waals surface area contributed by atoms with Crippen molar-refractivity contribution in [2.24, 2.45) is 0 Å². The van der Waals surface area contributed by atoms with Crippen LogP contribution in [0.5, 0.6) is 17.2 Å². The quantitative estimate of drug-likeness (QED) is 0.104. The SMILES string of the molecule is CCc1cc(OC)cc(CC)c1-c1c(CC)nn(-c2[c-]c(Oc3[c-]c4c(cc3)c3ccccc3n4-c3cc(C)ccn3)ccc2)c1CC.[Pd+2]. The Labute approximate surface area is 302 Å². The maximum Gasteiger partial charge on any atom is 2.00 e. The number of aromatic nitrogens is 4. The molecule has 0 aliphatic rings. The molecule has 0 saturated carbocycles. The first kappa shape index (κ1) is 34.2. The molecule has 7 aromatic rings. The molecule has 3 aromatic heterocycles. The molecule has 0 N–H and O–H groups in total. The van der Waals surface area contributed by atoms with Gasteiger partial charge in [-0.25, -0.2) is 4.98 Å². The van der Waals surface area contributed by atoms with Crippen molar-refractivity contribution in [3.8, 4) is 39.9 Å². The first-order valence-corrected chi connectivity index (χ1v) is 16.9. The number of pyridine rings is 1. The molecule has 0 unspecified atom stereocenters. The molecule has 4 aromatic carbocycles. The summed E-state index contributed by atoms with van der Waals surface area (Å²) in [5.74, 6) is 2.96. The zero-order valence-corrected chi connectivity index (χ0v) is 30.4. The van der Waals surface area contributed by atoms with Crippen molar-refractivity contribution in [3.63, 3.8) is 0 Å². The molecular formula is C42H40N4O2Pd. The fraction of sp³-hybridized carbons (Fsp3) is 0.238. The van der Waals surface area contributed by atoms with Crippen molar-refractivity contribution in [2.75, 3.05) is 7.11 Å². The molecule has 0 fully saturated rings. The molecule has 7 heteroatoms. The van der Waals surface area contributed by atoms with Crippen LogP contribution in [0.4, 0.5) is 0 Å². The molecule has 0 atom stereocenters. The van der Waals surface area contributed by atoms with Crippen LogP contribution in [0.1, 0.15) is 55.8 Å². The molecule has 6 nitrogen and oxygen atoms in total. The summed E-state index contributed by atoms with van der Waals surface area (Å²) in [7, 11) is 1.74. The van der Waals surface area contributed by atoms with Gasteiger partial charge in [-0.3, -0.25) is 4.68 Å². The second-order valence-corrected chi connectivity index (χ2v) is 12.0. The summed E-state index contributed by atoms with van der Waals surface area (Å²) in [4.78, 5) is 4.71. The molecular weight excluding hydrogens is 699 g/mol. The number of hydrogen-bond acceptors (Lipinski definition) is 4. The third-order valence-electron chi connectivity index (χ3n) is 9.13. The average Bonchev–Trinajstić information content (AvgIpc) is 3.66. The first-order valence-electron chi connectivity index (χ1n) is 16.9.